The monoisotopic (exact) mass is 279 g/mol. The molecule has 6 heteroatoms. The molecule has 108 valence electrons. The number of carbonyl (C=O) groups excluding carboxylic acids is 1. The van der Waals surface area contributed by atoms with E-state index in [4.69, 9.17) is 14.6 Å². The highest BCUT2D eigenvalue weighted by Gasteiger charge is 2.08. The molecule has 1 aromatic rings. The SMILES string of the molecule is COCCNC(=O)c1ccc(OC)c(C=CC(=O)O)c1. The molecule has 0 fully saturated rings. The van der Waals surface area contributed by atoms with E-state index in [-0.39, 0.29) is 5.91 Å². The van der Waals surface area contributed by atoms with Gasteiger partial charge in [-0.15, -0.1) is 0 Å². The molecule has 2 N–H and O–H groups in total. The number of aliphatic carboxylic acids is 1. The number of rotatable bonds is 7. The largest absolute Gasteiger partial charge is 0.496 e. The Kier molecular flexibility index (Phi) is 6.25. The molecule has 0 aromatic heterocycles. The maximum atomic E-state index is 11.9. The number of carbonyl (C=O) groups is 2. The van der Waals surface area contributed by atoms with E-state index in [0.717, 1.165) is 6.08 Å². The van der Waals surface area contributed by atoms with Gasteiger partial charge in [0.25, 0.3) is 5.91 Å². The van der Waals surface area contributed by atoms with Crippen LogP contribution in [0.2, 0.25) is 0 Å². The number of carboxylic acids is 1. The topological polar surface area (TPSA) is 84.9 Å². The molecular weight excluding hydrogens is 262 g/mol. The third kappa shape index (κ3) is 4.74. The van der Waals surface area contributed by atoms with E-state index in [0.29, 0.717) is 30.0 Å². The van der Waals surface area contributed by atoms with Crippen LogP contribution in [0.5, 0.6) is 5.75 Å². The summed E-state index contributed by atoms with van der Waals surface area (Å²) < 4.78 is 9.96. The average Bonchev–Trinajstić information content (AvgIpc) is 2.44. The summed E-state index contributed by atoms with van der Waals surface area (Å²) in [6.45, 7) is 0.829. The fraction of sp³-hybridized carbons (Fsp3) is 0.286. The average molecular weight is 279 g/mol. The van der Waals surface area contributed by atoms with Crippen LogP contribution < -0.4 is 10.1 Å². The van der Waals surface area contributed by atoms with Gasteiger partial charge in [-0.05, 0) is 24.3 Å². The first-order chi connectivity index (χ1) is 9.58. The molecule has 0 aliphatic heterocycles. The quantitative estimate of drug-likeness (QED) is 0.578. The van der Waals surface area contributed by atoms with Crippen LogP contribution in [0.4, 0.5) is 0 Å². The number of benzene rings is 1. The first-order valence-corrected chi connectivity index (χ1v) is 5.94. The number of carboxylic acid groups (broad SMARTS) is 1. The lowest BCUT2D eigenvalue weighted by atomic mass is 10.1. The number of ether oxygens (including phenoxy) is 2. The second-order valence-corrected chi connectivity index (χ2v) is 3.88. The van der Waals surface area contributed by atoms with Crippen LogP contribution in [0.25, 0.3) is 6.08 Å². The fourth-order valence-electron chi connectivity index (χ4n) is 1.54. The van der Waals surface area contributed by atoms with Crippen molar-refractivity contribution in [3.8, 4) is 5.75 Å². The van der Waals surface area contributed by atoms with E-state index in [2.05, 4.69) is 5.32 Å². The van der Waals surface area contributed by atoms with Crippen molar-refractivity contribution in [2.24, 2.45) is 0 Å². The van der Waals surface area contributed by atoms with Crippen LogP contribution >= 0.6 is 0 Å². The minimum Gasteiger partial charge on any atom is -0.496 e. The Morgan fingerprint density at radius 1 is 1.35 bits per heavy atom. The van der Waals surface area contributed by atoms with Crippen molar-refractivity contribution in [1.29, 1.82) is 0 Å². The summed E-state index contributed by atoms with van der Waals surface area (Å²) in [5, 5.41) is 11.3. The van der Waals surface area contributed by atoms with Gasteiger partial charge in [0.1, 0.15) is 5.75 Å². The number of nitrogens with one attached hydrogen (secondary N) is 1. The van der Waals surface area contributed by atoms with E-state index < -0.39 is 5.97 Å². The first-order valence-electron chi connectivity index (χ1n) is 5.94. The van der Waals surface area contributed by atoms with Crippen molar-refractivity contribution in [2.45, 2.75) is 0 Å². The molecule has 1 aromatic carbocycles. The summed E-state index contributed by atoms with van der Waals surface area (Å²) in [5.74, 6) is -0.826. The fourth-order valence-corrected chi connectivity index (χ4v) is 1.54. The van der Waals surface area contributed by atoms with Gasteiger partial charge in [0, 0.05) is 30.9 Å². The summed E-state index contributed by atoms with van der Waals surface area (Å²) in [4.78, 5) is 22.4. The molecule has 0 radical (unpaired) electrons. The van der Waals surface area contributed by atoms with Crippen molar-refractivity contribution in [3.63, 3.8) is 0 Å². The molecule has 1 rings (SSSR count). The van der Waals surface area contributed by atoms with Crippen LogP contribution in [0.1, 0.15) is 15.9 Å². The van der Waals surface area contributed by atoms with Crippen LogP contribution in [0.15, 0.2) is 24.3 Å². The van der Waals surface area contributed by atoms with Gasteiger partial charge in [0.2, 0.25) is 0 Å². The molecular formula is C14H17NO5. The smallest absolute Gasteiger partial charge is 0.328 e. The van der Waals surface area contributed by atoms with Crippen molar-refractivity contribution < 1.29 is 24.2 Å². The molecule has 1 amide bonds. The Bertz CT molecular complexity index is 510. The normalized spacial score (nSPS) is 10.5. The van der Waals surface area contributed by atoms with Gasteiger partial charge in [-0.25, -0.2) is 4.79 Å². The summed E-state index contributed by atoms with van der Waals surface area (Å²) in [6.07, 6.45) is 2.37. The van der Waals surface area contributed by atoms with E-state index in [9.17, 15) is 9.59 Å². The van der Waals surface area contributed by atoms with Crippen molar-refractivity contribution >= 4 is 18.0 Å². The zero-order chi connectivity index (χ0) is 15.0. The van der Waals surface area contributed by atoms with Crippen LogP contribution in [-0.2, 0) is 9.53 Å². The van der Waals surface area contributed by atoms with Crippen molar-refractivity contribution in [2.75, 3.05) is 27.4 Å². The van der Waals surface area contributed by atoms with Crippen LogP contribution in [-0.4, -0.2) is 44.4 Å². The maximum absolute atomic E-state index is 11.9. The molecule has 20 heavy (non-hydrogen) atoms. The van der Waals surface area contributed by atoms with Crippen LogP contribution in [0, 0.1) is 0 Å². The Morgan fingerprint density at radius 3 is 2.70 bits per heavy atom. The minimum atomic E-state index is -1.07. The molecule has 0 saturated carbocycles. The van der Waals surface area contributed by atoms with Crippen molar-refractivity contribution in [3.05, 3.63) is 35.4 Å². The highest BCUT2D eigenvalue weighted by atomic mass is 16.5. The van der Waals surface area contributed by atoms with E-state index in [1.807, 2.05) is 0 Å². The Morgan fingerprint density at radius 2 is 2.10 bits per heavy atom. The minimum absolute atomic E-state index is 0.255. The Hall–Kier alpha value is -2.34. The zero-order valence-electron chi connectivity index (χ0n) is 11.4. The lowest BCUT2D eigenvalue weighted by Crippen LogP contribution is -2.26. The van der Waals surface area contributed by atoms with E-state index in [1.165, 1.54) is 13.2 Å². The molecule has 0 spiro atoms. The van der Waals surface area contributed by atoms with Crippen LogP contribution in [0.3, 0.4) is 0 Å². The van der Waals surface area contributed by atoms with Gasteiger partial charge in [-0.2, -0.15) is 0 Å². The van der Waals surface area contributed by atoms with Gasteiger partial charge in [-0.3, -0.25) is 4.79 Å². The molecule has 0 unspecified atom stereocenters. The molecule has 0 bridgehead atoms. The summed E-state index contributed by atoms with van der Waals surface area (Å²) >= 11 is 0. The third-order valence-electron chi connectivity index (χ3n) is 2.49. The zero-order valence-corrected chi connectivity index (χ0v) is 11.4. The number of methoxy groups -OCH3 is 2. The molecule has 0 aliphatic rings. The van der Waals surface area contributed by atoms with E-state index >= 15 is 0 Å². The Balaban J connectivity index is 2.91. The standard InChI is InChI=1S/C14H17NO5/c1-19-8-7-15-14(18)11-3-5-12(20-2)10(9-11)4-6-13(16)17/h3-6,9H,7-8H2,1-2H3,(H,15,18)(H,16,17). The molecule has 0 heterocycles. The lowest BCUT2D eigenvalue weighted by molar-refractivity contribution is -0.131. The maximum Gasteiger partial charge on any atom is 0.328 e. The molecule has 6 nitrogen and oxygen atoms in total. The first kappa shape index (κ1) is 15.7. The van der Waals surface area contributed by atoms with Gasteiger partial charge in [-0.1, -0.05) is 0 Å². The molecule has 0 aliphatic carbocycles. The summed E-state index contributed by atoms with van der Waals surface area (Å²) in [5.41, 5.74) is 0.946. The summed E-state index contributed by atoms with van der Waals surface area (Å²) in [7, 11) is 3.03. The number of hydrogen-bond donors (Lipinski definition) is 2. The number of hydrogen-bond acceptors (Lipinski definition) is 4. The second kappa shape index (κ2) is 7.96. The second-order valence-electron chi connectivity index (χ2n) is 3.88. The van der Waals surface area contributed by atoms with Crippen molar-refractivity contribution in [1.82, 2.24) is 5.32 Å². The highest BCUT2D eigenvalue weighted by molar-refractivity contribution is 5.95. The summed E-state index contributed by atoms with van der Waals surface area (Å²) in [6, 6.07) is 4.80. The van der Waals surface area contributed by atoms with E-state index in [1.54, 1.807) is 25.3 Å². The predicted molar refractivity (Wildman–Crippen MR) is 73.9 cm³/mol. The third-order valence-corrected chi connectivity index (χ3v) is 2.49. The number of amides is 1. The van der Waals surface area contributed by atoms with Gasteiger partial charge in [0.05, 0.1) is 13.7 Å². The van der Waals surface area contributed by atoms with Gasteiger partial charge in [0.15, 0.2) is 0 Å². The lowest BCUT2D eigenvalue weighted by Gasteiger charge is -2.08. The highest BCUT2D eigenvalue weighted by Crippen LogP contribution is 2.21. The van der Waals surface area contributed by atoms with Gasteiger partial charge < -0.3 is 19.9 Å². The van der Waals surface area contributed by atoms with Gasteiger partial charge >= 0.3 is 5.97 Å². The predicted octanol–water partition coefficient (Wildman–Crippen LogP) is 1.17. The Labute approximate surface area is 117 Å². The molecule has 0 saturated heterocycles. The molecule has 0 atom stereocenters.